The number of H-pyrrole nitrogens is 1. The fourth-order valence-corrected chi connectivity index (χ4v) is 2.35. The molecule has 7 heteroatoms. The Hall–Kier alpha value is -1.89. The van der Waals surface area contributed by atoms with Crippen LogP contribution in [-0.4, -0.2) is 19.9 Å². The van der Waals surface area contributed by atoms with Crippen LogP contribution in [-0.2, 0) is 6.42 Å². The van der Waals surface area contributed by atoms with Gasteiger partial charge in [-0.05, 0) is 25.1 Å². The Morgan fingerprint density at radius 1 is 1.42 bits per heavy atom. The standard InChI is InChI=1S/C12H15N5OS/c1-3-4-8-15-10(13)7(2)11(16-8)19-12-14-6-5-9(18)17-12/h5-6H,3-4H2,1-2H3,(H2,13,15,16)(H,14,17,18). The van der Waals surface area contributed by atoms with E-state index in [0.29, 0.717) is 16.8 Å². The Balaban J connectivity index is 2.36. The topological polar surface area (TPSA) is 97.5 Å². The predicted molar refractivity (Wildman–Crippen MR) is 74.2 cm³/mol. The van der Waals surface area contributed by atoms with Crippen LogP contribution >= 0.6 is 11.8 Å². The van der Waals surface area contributed by atoms with Crippen molar-refractivity contribution in [2.24, 2.45) is 0 Å². The zero-order valence-corrected chi connectivity index (χ0v) is 11.6. The highest BCUT2D eigenvalue weighted by Gasteiger charge is 2.11. The molecule has 0 saturated carbocycles. The Bertz CT molecular complexity index is 640. The highest BCUT2D eigenvalue weighted by atomic mass is 32.2. The molecule has 2 heterocycles. The van der Waals surface area contributed by atoms with Crippen molar-refractivity contribution in [2.75, 3.05) is 5.73 Å². The zero-order chi connectivity index (χ0) is 13.8. The summed E-state index contributed by atoms with van der Waals surface area (Å²) in [5, 5.41) is 1.22. The van der Waals surface area contributed by atoms with Gasteiger partial charge in [-0.3, -0.25) is 4.79 Å². The average molecular weight is 277 g/mol. The number of hydrogen-bond acceptors (Lipinski definition) is 6. The molecule has 0 saturated heterocycles. The van der Waals surface area contributed by atoms with Gasteiger partial charge in [-0.2, -0.15) is 0 Å². The van der Waals surface area contributed by atoms with E-state index in [4.69, 9.17) is 5.73 Å². The number of nitrogens with two attached hydrogens (primary N) is 1. The summed E-state index contributed by atoms with van der Waals surface area (Å²) >= 11 is 1.28. The van der Waals surface area contributed by atoms with Crippen molar-refractivity contribution in [1.82, 2.24) is 19.9 Å². The predicted octanol–water partition coefficient (Wildman–Crippen LogP) is 1.55. The molecule has 0 spiro atoms. The van der Waals surface area contributed by atoms with Gasteiger partial charge >= 0.3 is 0 Å². The van der Waals surface area contributed by atoms with E-state index in [9.17, 15) is 4.79 Å². The van der Waals surface area contributed by atoms with Crippen LogP contribution in [0.25, 0.3) is 0 Å². The second kappa shape index (κ2) is 5.83. The van der Waals surface area contributed by atoms with Crippen molar-refractivity contribution in [3.05, 3.63) is 34.0 Å². The Labute approximate surface area is 114 Å². The van der Waals surface area contributed by atoms with Crippen molar-refractivity contribution in [1.29, 1.82) is 0 Å². The first-order valence-corrected chi connectivity index (χ1v) is 6.78. The molecule has 0 aliphatic heterocycles. The quantitative estimate of drug-likeness (QED) is 0.650. The lowest BCUT2D eigenvalue weighted by molar-refractivity contribution is 0.804. The van der Waals surface area contributed by atoms with Crippen LogP contribution in [0, 0.1) is 6.92 Å². The number of nitrogen functional groups attached to an aromatic ring is 1. The fourth-order valence-electron chi connectivity index (χ4n) is 1.49. The van der Waals surface area contributed by atoms with Crippen molar-refractivity contribution in [3.8, 4) is 0 Å². The monoisotopic (exact) mass is 277 g/mol. The minimum absolute atomic E-state index is 0.189. The van der Waals surface area contributed by atoms with Gasteiger partial charge in [0.1, 0.15) is 16.7 Å². The van der Waals surface area contributed by atoms with Gasteiger partial charge in [0.15, 0.2) is 5.16 Å². The van der Waals surface area contributed by atoms with E-state index < -0.39 is 0 Å². The third-order valence-corrected chi connectivity index (χ3v) is 3.49. The number of aryl methyl sites for hydroxylation is 1. The van der Waals surface area contributed by atoms with Gasteiger partial charge in [0.05, 0.1) is 0 Å². The molecule has 0 fully saturated rings. The lowest BCUT2D eigenvalue weighted by atomic mass is 10.3. The number of nitrogens with zero attached hydrogens (tertiary/aromatic N) is 3. The second-order valence-electron chi connectivity index (χ2n) is 4.05. The van der Waals surface area contributed by atoms with Gasteiger partial charge in [-0.1, -0.05) is 6.92 Å². The average Bonchev–Trinajstić information content (AvgIpc) is 2.36. The molecule has 2 rings (SSSR count). The van der Waals surface area contributed by atoms with Crippen molar-refractivity contribution in [2.45, 2.75) is 36.9 Å². The highest BCUT2D eigenvalue weighted by molar-refractivity contribution is 7.99. The molecule has 19 heavy (non-hydrogen) atoms. The number of aromatic amines is 1. The molecular weight excluding hydrogens is 262 g/mol. The van der Waals surface area contributed by atoms with Crippen molar-refractivity contribution in [3.63, 3.8) is 0 Å². The third-order valence-electron chi connectivity index (χ3n) is 2.50. The third kappa shape index (κ3) is 3.31. The molecule has 6 nitrogen and oxygen atoms in total. The number of rotatable bonds is 4. The van der Waals surface area contributed by atoms with Gasteiger partial charge in [-0.15, -0.1) is 0 Å². The summed E-state index contributed by atoms with van der Waals surface area (Å²) in [5.74, 6) is 1.19. The first kappa shape index (κ1) is 13.5. The minimum Gasteiger partial charge on any atom is -0.383 e. The van der Waals surface area contributed by atoms with Gasteiger partial charge in [0.2, 0.25) is 0 Å². The van der Waals surface area contributed by atoms with Gasteiger partial charge in [0.25, 0.3) is 5.56 Å². The van der Waals surface area contributed by atoms with E-state index in [-0.39, 0.29) is 5.56 Å². The number of aromatic nitrogens is 4. The van der Waals surface area contributed by atoms with E-state index in [2.05, 4.69) is 26.9 Å². The molecule has 0 atom stereocenters. The largest absolute Gasteiger partial charge is 0.383 e. The fraction of sp³-hybridized carbons (Fsp3) is 0.333. The molecule has 0 radical (unpaired) electrons. The lowest BCUT2D eigenvalue weighted by Gasteiger charge is -2.08. The first-order valence-electron chi connectivity index (χ1n) is 5.96. The van der Waals surface area contributed by atoms with Crippen LogP contribution in [0.15, 0.2) is 27.2 Å². The minimum atomic E-state index is -0.189. The van der Waals surface area contributed by atoms with Crippen LogP contribution < -0.4 is 11.3 Å². The van der Waals surface area contributed by atoms with Gasteiger partial charge in [-0.25, -0.2) is 15.0 Å². The summed E-state index contributed by atoms with van der Waals surface area (Å²) in [7, 11) is 0. The summed E-state index contributed by atoms with van der Waals surface area (Å²) in [6.45, 7) is 3.91. The molecule has 0 aliphatic carbocycles. The van der Waals surface area contributed by atoms with E-state index in [1.54, 1.807) is 0 Å². The van der Waals surface area contributed by atoms with Crippen molar-refractivity contribution >= 4 is 17.6 Å². The number of hydrogen-bond donors (Lipinski definition) is 2. The molecular formula is C12H15N5OS. The summed E-state index contributed by atoms with van der Waals surface area (Å²) in [6, 6.07) is 1.37. The summed E-state index contributed by atoms with van der Waals surface area (Å²) < 4.78 is 0. The smallest absolute Gasteiger partial charge is 0.251 e. The molecule has 2 aromatic heterocycles. The SMILES string of the molecule is CCCc1nc(N)c(C)c(Sc2nccc(=O)[nH]2)n1. The maximum absolute atomic E-state index is 11.2. The van der Waals surface area contributed by atoms with E-state index >= 15 is 0 Å². The van der Waals surface area contributed by atoms with Crippen LogP contribution in [0.3, 0.4) is 0 Å². The number of anilines is 1. The van der Waals surface area contributed by atoms with E-state index in [1.807, 2.05) is 6.92 Å². The lowest BCUT2D eigenvalue weighted by Crippen LogP contribution is -2.07. The van der Waals surface area contributed by atoms with E-state index in [0.717, 1.165) is 23.4 Å². The maximum atomic E-state index is 11.2. The number of nitrogens with one attached hydrogen (secondary N) is 1. The summed E-state index contributed by atoms with van der Waals surface area (Å²) in [5.41, 5.74) is 6.49. The van der Waals surface area contributed by atoms with Crippen LogP contribution in [0.4, 0.5) is 5.82 Å². The molecule has 3 N–H and O–H groups in total. The molecule has 100 valence electrons. The Morgan fingerprint density at radius 2 is 2.21 bits per heavy atom. The molecule has 0 bridgehead atoms. The van der Waals surface area contributed by atoms with Crippen LogP contribution in [0.5, 0.6) is 0 Å². The second-order valence-corrected chi connectivity index (χ2v) is 5.02. The van der Waals surface area contributed by atoms with Crippen LogP contribution in [0.2, 0.25) is 0 Å². The zero-order valence-electron chi connectivity index (χ0n) is 10.8. The van der Waals surface area contributed by atoms with Gasteiger partial charge < -0.3 is 10.7 Å². The maximum Gasteiger partial charge on any atom is 0.251 e. The van der Waals surface area contributed by atoms with Crippen LogP contribution in [0.1, 0.15) is 24.7 Å². The Morgan fingerprint density at radius 3 is 2.89 bits per heavy atom. The van der Waals surface area contributed by atoms with Gasteiger partial charge in [0, 0.05) is 24.2 Å². The summed E-state index contributed by atoms with van der Waals surface area (Å²) in [6.07, 6.45) is 3.19. The molecule has 0 amide bonds. The normalized spacial score (nSPS) is 10.6. The summed E-state index contributed by atoms with van der Waals surface area (Å²) in [4.78, 5) is 26.7. The molecule has 0 aromatic carbocycles. The highest BCUT2D eigenvalue weighted by Crippen LogP contribution is 2.27. The molecule has 2 aromatic rings. The first-order chi connectivity index (χ1) is 9.10. The molecule has 0 unspecified atom stereocenters. The Kier molecular flexibility index (Phi) is 4.16. The molecule has 0 aliphatic rings. The van der Waals surface area contributed by atoms with E-state index in [1.165, 1.54) is 24.0 Å². The van der Waals surface area contributed by atoms with Crippen molar-refractivity contribution < 1.29 is 0 Å².